The van der Waals surface area contributed by atoms with E-state index in [9.17, 15) is 4.79 Å². The largest absolute Gasteiger partial charge is 0.469 e. The molecule has 0 radical (unpaired) electrons. The lowest BCUT2D eigenvalue weighted by Crippen LogP contribution is -2.34. The zero-order chi connectivity index (χ0) is 24.8. The average Bonchev–Trinajstić information content (AvgIpc) is 2.85. The Labute approximate surface area is 219 Å². The summed E-state index contributed by atoms with van der Waals surface area (Å²) in [5.74, 6) is 1.17. The standard InChI is InChI=1S/C25H26Cl2N4O3S/c1-33-24(32)9-16-3-5-31(6-4-16)15-17-7-22(18-10-19(26)12-20(27)11-18)30-23(8-17)34-21-13-28-25(35-2)29-14-21/h7-8,10-14,16H,3-6,9,15H2,1-2H3. The quantitative estimate of drug-likeness (QED) is 0.194. The first-order chi connectivity index (χ1) is 16.9. The lowest BCUT2D eigenvalue weighted by atomic mass is 9.93. The monoisotopic (exact) mass is 532 g/mol. The van der Waals surface area contributed by atoms with E-state index in [-0.39, 0.29) is 5.97 Å². The molecule has 4 rings (SSSR count). The van der Waals surface area contributed by atoms with Crippen molar-refractivity contribution in [2.24, 2.45) is 5.92 Å². The van der Waals surface area contributed by atoms with Gasteiger partial charge < -0.3 is 9.47 Å². The molecule has 1 aromatic carbocycles. The number of rotatable bonds is 8. The van der Waals surface area contributed by atoms with Crippen molar-refractivity contribution in [2.75, 3.05) is 26.5 Å². The van der Waals surface area contributed by atoms with E-state index in [1.54, 1.807) is 18.5 Å². The van der Waals surface area contributed by atoms with Crippen LogP contribution in [0, 0.1) is 5.92 Å². The number of carbonyl (C=O) groups is 1. The highest BCUT2D eigenvalue weighted by molar-refractivity contribution is 7.98. The SMILES string of the molecule is COC(=O)CC1CCN(Cc2cc(Oc3cnc(SC)nc3)nc(-c3cc(Cl)cc(Cl)c3)c2)CC1. The fourth-order valence-electron chi connectivity index (χ4n) is 4.06. The van der Waals surface area contributed by atoms with Gasteiger partial charge in [-0.05, 0) is 67.9 Å². The number of hydrogen-bond donors (Lipinski definition) is 0. The summed E-state index contributed by atoms with van der Waals surface area (Å²) in [6.45, 7) is 2.54. The molecule has 0 bridgehead atoms. The second kappa shape index (κ2) is 12.0. The third-order valence-corrected chi connectivity index (χ3v) is 6.84. The number of ether oxygens (including phenoxy) is 2. The Morgan fingerprint density at radius 1 is 1.09 bits per heavy atom. The van der Waals surface area contributed by atoms with Gasteiger partial charge in [-0.2, -0.15) is 0 Å². The maximum absolute atomic E-state index is 11.6. The van der Waals surface area contributed by atoms with E-state index in [1.807, 2.05) is 30.5 Å². The molecule has 1 aliphatic heterocycles. The van der Waals surface area contributed by atoms with Gasteiger partial charge in [-0.15, -0.1) is 0 Å². The number of esters is 1. The molecule has 10 heteroatoms. The molecular weight excluding hydrogens is 507 g/mol. The van der Waals surface area contributed by atoms with Crippen LogP contribution in [0.3, 0.4) is 0 Å². The minimum atomic E-state index is -0.140. The minimum absolute atomic E-state index is 0.140. The van der Waals surface area contributed by atoms with Crippen molar-refractivity contribution in [1.29, 1.82) is 0 Å². The first-order valence-corrected chi connectivity index (χ1v) is 13.2. The van der Waals surface area contributed by atoms with Crippen LogP contribution in [-0.4, -0.2) is 52.3 Å². The van der Waals surface area contributed by atoms with Crippen LogP contribution in [0.4, 0.5) is 0 Å². The number of thioether (sulfide) groups is 1. The molecule has 0 aliphatic carbocycles. The predicted molar refractivity (Wildman–Crippen MR) is 138 cm³/mol. The number of nitrogens with zero attached hydrogens (tertiary/aromatic N) is 4. The Balaban J connectivity index is 1.55. The molecule has 1 fully saturated rings. The summed E-state index contributed by atoms with van der Waals surface area (Å²) in [4.78, 5) is 27.2. The minimum Gasteiger partial charge on any atom is -0.469 e. The van der Waals surface area contributed by atoms with Crippen LogP contribution in [0.25, 0.3) is 11.3 Å². The van der Waals surface area contributed by atoms with Gasteiger partial charge in [-0.1, -0.05) is 35.0 Å². The lowest BCUT2D eigenvalue weighted by molar-refractivity contribution is -0.142. The second-order valence-electron chi connectivity index (χ2n) is 8.36. The normalized spacial score (nSPS) is 14.6. The molecule has 2 aromatic heterocycles. The molecule has 3 heterocycles. The number of halogens is 2. The van der Waals surface area contributed by atoms with E-state index < -0.39 is 0 Å². The number of piperidine rings is 1. The van der Waals surface area contributed by atoms with Crippen LogP contribution in [-0.2, 0) is 16.1 Å². The van der Waals surface area contributed by atoms with Crippen LogP contribution >= 0.6 is 35.0 Å². The van der Waals surface area contributed by atoms with Gasteiger partial charge in [-0.25, -0.2) is 15.0 Å². The molecule has 0 atom stereocenters. The third kappa shape index (κ3) is 7.30. The molecule has 0 saturated carbocycles. The van der Waals surface area contributed by atoms with Crippen LogP contribution in [0.2, 0.25) is 10.0 Å². The number of benzene rings is 1. The molecule has 35 heavy (non-hydrogen) atoms. The average molecular weight is 533 g/mol. The summed E-state index contributed by atoms with van der Waals surface area (Å²) in [5.41, 5.74) is 2.57. The van der Waals surface area contributed by atoms with Crippen LogP contribution in [0.5, 0.6) is 11.6 Å². The number of methoxy groups -OCH3 is 1. The first kappa shape index (κ1) is 25.7. The van der Waals surface area contributed by atoms with Gasteiger partial charge in [-0.3, -0.25) is 9.69 Å². The molecule has 3 aromatic rings. The van der Waals surface area contributed by atoms with Gasteiger partial charge in [0.1, 0.15) is 0 Å². The van der Waals surface area contributed by atoms with Crippen molar-refractivity contribution in [3.05, 3.63) is 58.3 Å². The fourth-order valence-corrected chi connectivity index (χ4v) is 4.90. The van der Waals surface area contributed by atoms with E-state index >= 15 is 0 Å². The maximum atomic E-state index is 11.6. The molecule has 184 valence electrons. The Kier molecular flexibility index (Phi) is 8.83. The second-order valence-corrected chi connectivity index (χ2v) is 10.0. The smallest absolute Gasteiger partial charge is 0.305 e. The van der Waals surface area contributed by atoms with Crippen LogP contribution in [0.15, 0.2) is 47.9 Å². The Morgan fingerprint density at radius 2 is 1.77 bits per heavy atom. The predicted octanol–water partition coefficient (Wildman–Crippen LogP) is 6.13. The van der Waals surface area contributed by atoms with Crippen molar-refractivity contribution in [2.45, 2.75) is 31.0 Å². The van der Waals surface area contributed by atoms with Crippen molar-refractivity contribution in [1.82, 2.24) is 19.9 Å². The molecule has 1 saturated heterocycles. The van der Waals surface area contributed by atoms with Gasteiger partial charge in [0.25, 0.3) is 0 Å². The molecule has 0 unspecified atom stereocenters. The summed E-state index contributed by atoms with van der Waals surface area (Å²) in [6.07, 6.45) is 7.58. The number of aromatic nitrogens is 3. The van der Waals surface area contributed by atoms with E-state index in [4.69, 9.17) is 37.7 Å². The molecule has 7 nitrogen and oxygen atoms in total. The van der Waals surface area contributed by atoms with Crippen molar-refractivity contribution in [3.63, 3.8) is 0 Å². The lowest BCUT2D eigenvalue weighted by Gasteiger charge is -2.31. The van der Waals surface area contributed by atoms with E-state index in [0.717, 1.165) is 43.6 Å². The molecule has 0 spiro atoms. The molecule has 0 N–H and O–H groups in total. The number of hydrogen-bond acceptors (Lipinski definition) is 8. The number of carbonyl (C=O) groups excluding carboxylic acids is 1. The van der Waals surface area contributed by atoms with Gasteiger partial charge in [0.15, 0.2) is 10.9 Å². The maximum Gasteiger partial charge on any atom is 0.305 e. The Morgan fingerprint density at radius 3 is 2.40 bits per heavy atom. The van der Waals surface area contributed by atoms with E-state index in [1.165, 1.54) is 18.9 Å². The Hall–Kier alpha value is -2.39. The Bertz CT molecular complexity index is 1150. The highest BCUT2D eigenvalue weighted by Gasteiger charge is 2.22. The number of pyridine rings is 1. The van der Waals surface area contributed by atoms with Gasteiger partial charge in [0.05, 0.1) is 25.2 Å². The molecular formula is C25H26Cl2N4O3S. The van der Waals surface area contributed by atoms with Gasteiger partial charge in [0, 0.05) is 34.6 Å². The molecule has 1 aliphatic rings. The molecule has 0 amide bonds. The van der Waals surface area contributed by atoms with Crippen molar-refractivity contribution >= 4 is 40.9 Å². The van der Waals surface area contributed by atoms with Gasteiger partial charge in [0.2, 0.25) is 5.88 Å². The van der Waals surface area contributed by atoms with E-state index in [0.29, 0.717) is 44.9 Å². The van der Waals surface area contributed by atoms with Crippen LogP contribution in [0.1, 0.15) is 24.8 Å². The summed E-state index contributed by atoms with van der Waals surface area (Å²) in [6, 6.07) is 9.31. The summed E-state index contributed by atoms with van der Waals surface area (Å²) in [7, 11) is 1.44. The van der Waals surface area contributed by atoms with E-state index in [2.05, 4.69) is 14.9 Å². The third-order valence-electron chi connectivity index (χ3n) is 5.83. The first-order valence-electron chi connectivity index (χ1n) is 11.2. The number of likely N-dealkylation sites (tertiary alicyclic amines) is 1. The van der Waals surface area contributed by atoms with Gasteiger partial charge >= 0.3 is 5.97 Å². The summed E-state index contributed by atoms with van der Waals surface area (Å²) in [5, 5.41) is 1.75. The zero-order valence-corrected chi connectivity index (χ0v) is 21.9. The summed E-state index contributed by atoms with van der Waals surface area (Å²) >= 11 is 14.0. The highest BCUT2D eigenvalue weighted by atomic mass is 35.5. The van der Waals surface area contributed by atoms with Crippen molar-refractivity contribution < 1.29 is 14.3 Å². The summed E-state index contributed by atoms with van der Waals surface area (Å²) < 4.78 is 10.8. The topological polar surface area (TPSA) is 77.4 Å². The van der Waals surface area contributed by atoms with Crippen LogP contribution < -0.4 is 4.74 Å². The highest BCUT2D eigenvalue weighted by Crippen LogP contribution is 2.31. The van der Waals surface area contributed by atoms with Crippen molar-refractivity contribution in [3.8, 4) is 22.9 Å². The fraction of sp³-hybridized carbons (Fsp3) is 0.360. The zero-order valence-electron chi connectivity index (χ0n) is 19.5.